The molecule has 1 aromatic rings. The van der Waals surface area contributed by atoms with E-state index in [0.29, 0.717) is 25.7 Å². The van der Waals surface area contributed by atoms with Crippen molar-refractivity contribution in [1.29, 1.82) is 0 Å². The first-order valence-electron chi connectivity index (χ1n) is 9.14. The number of carboxylic acid groups (broad SMARTS) is 1. The van der Waals surface area contributed by atoms with Crippen molar-refractivity contribution < 1.29 is 24.6 Å². The van der Waals surface area contributed by atoms with Crippen LogP contribution in [0.4, 0.5) is 4.79 Å². The molecule has 1 fully saturated rings. The molecular weight excluding hydrogens is 350 g/mol. The number of amides is 3. The molecule has 8 nitrogen and oxygen atoms in total. The summed E-state index contributed by atoms with van der Waals surface area (Å²) < 4.78 is 0. The number of benzene rings is 1. The first-order valence-corrected chi connectivity index (χ1v) is 9.14. The Hall–Kier alpha value is -2.90. The summed E-state index contributed by atoms with van der Waals surface area (Å²) in [5.41, 5.74) is 0.795. The molecule has 8 heteroatoms. The van der Waals surface area contributed by atoms with E-state index in [4.69, 9.17) is 5.11 Å². The van der Waals surface area contributed by atoms with Gasteiger partial charge >= 0.3 is 12.0 Å². The van der Waals surface area contributed by atoms with Gasteiger partial charge in [-0.3, -0.25) is 14.9 Å². The third-order valence-electron chi connectivity index (χ3n) is 4.39. The lowest BCUT2D eigenvalue weighted by Gasteiger charge is -2.15. The lowest BCUT2D eigenvalue weighted by atomic mass is 10.1. The smallest absolute Gasteiger partial charge is 0.345 e. The summed E-state index contributed by atoms with van der Waals surface area (Å²) in [7, 11) is 0. The number of hydrazone groups is 1. The van der Waals surface area contributed by atoms with E-state index >= 15 is 0 Å². The highest BCUT2D eigenvalue weighted by Gasteiger charge is 2.37. The Morgan fingerprint density at radius 3 is 2.67 bits per heavy atom. The Kier molecular flexibility index (Phi) is 7.79. The number of hydrogen-bond donors (Lipinski definition) is 3. The molecule has 1 aliphatic heterocycles. The number of imide groups is 1. The maximum atomic E-state index is 11.9. The van der Waals surface area contributed by atoms with Crippen LogP contribution in [0.25, 0.3) is 0 Å². The molecule has 3 amide bonds. The fraction of sp³-hybridized carbons (Fsp3) is 0.474. The van der Waals surface area contributed by atoms with Crippen LogP contribution in [0.15, 0.2) is 29.4 Å². The zero-order chi connectivity index (χ0) is 19.6. The van der Waals surface area contributed by atoms with Gasteiger partial charge in [0, 0.05) is 12.6 Å². The maximum absolute atomic E-state index is 11.9. The lowest BCUT2D eigenvalue weighted by Crippen LogP contribution is -2.30. The van der Waals surface area contributed by atoms with Crippen LogP contribution in [0.5, 0.6) is 5.75 Å². The van der Waals surface area contributed by atoms with Gasteiger partial charge in [0.05, 0.1) is 0 Å². The number of aryl methyl sites for hydroxylation is 1. The summed E-state index contributed by atoms with van der Waals surface area (Å²) in [5.74, 6) is -0.941. The predicted octanol–water partition coefficient (Wildman–Crippen LogP) is 2.66. The average Bonchev–Trinajstić information content (AvgIpc) is 2.89. The molecule has 1 aromatic carbocycles. The van der Waals surface area contributed by atoms with Crippen molar-refractivity contribution in [3.05, 3.63) is 29.8 Å². The number of phenolic OH excluding ortho intramolecular Hbond substituents is 1. The van der Waals surface area contributed by atoms with Crippen LogP contribution in [0, 0.1) is 0 Å². The summed E-state index contributed by atoms with van der Waals surface area (Å²) in [6.07, 6.45) is 6.22. The Balaban J connectivity index is 1.78. The van der Waals surface area contributed by atoms with Gasteiger partial charge in [-0.25, -0.2) is 9.80 Å². The van der Waals surface area contributed by atoms with E-state index in [2.05, 4.69) is 10.4 Å². The summed E-state index contributed by atoms with van der Waals surface area (Å²) in [6, 6.07) is 5.87. The molecule has 3 N–H and O–H groups in total. The molecule has 146 valence electrons. The lowest BCUT2D eigenvalue weighted by molar-refractivity contribution is -0.137. The molecule has 2 rings (SSSR count). The predicted molar refractivity (Wildman–Crippen MR) is 99.4 cm³/mol. The van der Waals surface area contributed by atoms with Gasteiger partial charge in [-0.2, -0.15) is 5.10 Å². The Bertz CT molecular complexity index is 704. The third kappa shape index (κ3) is 6.40. The SMILES string of the molecule is O=C(O)CCCCCCC1C(=O)NC(=O)N1N=CCCc1ccccc1O. The molecule has 27 heavy (non-hydrogen) atoms. The molecule has 0 saturated carbocycles. The second kappa shape index (κ2) is 10.3. The van der Waals surface area contributed by atoms with Crippen molar-refractivity contribution in [2.24, 2.45) is 5.10 Å². The third-order valence-corrected chi connectivity index (χ3v) is 4.39. The molecule has 1 atom stereocenters. The number of rotatable bonds is 11. The van der Waals surface area contributed by atoms with E-state index in [9.17, 15) is 19.5 Å². The molecule has 1 saturated heterocycles. The number of hydrogen-bond acceptors (Lipinski definition) is 5. The van der Waals surface area contributed by atoms with Gasteiger partial charge in [0.1, 0.15) is 11.8 Å². The van der Waals surface area contributed by atoms with Crippen LogP contribution < -0.4 is 5.32 Å². The Morgan fingerprint density at radius 2 is 1.93 bits per heavy atom. The minimum atomic E-state index is -0.805. The molecule has 0 aromatic heterocycles. The van der Waals surface area contributed by atoms with Crippen LogP contribution in [0.1, 0.15) is 50.5 Å². The fourth-order valence-corrected chi connectivity index (χ4v) is 2.94. The zero-order valence-corrected chi connectivity index (χ0v) is 15.1. The van der Waals surface area contributed by atoms with Crippen molar-refractivity contribution in [2.45, 2.75) is 57.4 Å². The van der Waals surface area contributed by atoms with E-state index in [1.165, 1.54) is 5.01 Å². The first kappa shape index (κ1) is 20.4. The molecule has 0 bridgehead atoms. The van der Waals surface area contributed by atoms with Crippen molar-refractivity contribution in [3.63, 3.8) is 0 Å². The van der Waals surface area contributed by atoms with Crippen molar-refractivity contribution in [2.75, 3.05) is 0 Å². The number of carboxylic acids is 1. The van der Waals surface area contributed by atoms with Gasteiger partial charge in [0.15, 0.2) is 0 Å². The van der Waals surface area contributed by atoms with Crippen LogP contribution in [-0.4, -0.2) is 45.4 Å². The second-order valence-corrected chi connectivity index (χ2v) is 6.47. The topological polar surface area (TPSA) is 119 Å². The number of unbranched alkanes of at least 4 members (excludes halogenated alkanes) is 3. The average molecular weight is 375 g/mol. The van der Waals surface area contributed by atoms with E-state index in [1.807, 2.05) is 12.1 Å². The molecule has 0 spiro atoms. The van der Waals surface area contributed by atoms with E-state index in [-0.39, 0.29) is 18.1 Å². The number of carbonyl (C=O) groups is 3. The van der Waals surface area contributed by atoms with Crippen molar-refractivity contribution >= 4 is 24.1 Å². The van der Waals surface area contributed by atoms with Gasteiger partial charge in [-0.15, -0.1) is 0 Å². The van der Waals surface area contributed by atoms with Gasteiger partial charge in [-0.1, -0.05) is 37.5 Å². The van der Waals surface area contributed by atoms with Crippen LogP contribution in [0.3, 0.4) is 0 Å². The number of aromatic hydroxyl groups is 1. The minimum Gasteiger partial charge on any atom is -0.508 e. The summed E-state index contributed by atoms with van der Waals surface area (Å²) >= 11 is 0. The monoisotopic (exact) mass is 375 g/mol. The van der Waals surface area contributed by atoms with Crippen LogP contribution in [-0.2, 0) is 16.0 Å². The number of urea groups is 1. The van der Waals surface area contributed by atoms with Crippen molar-refractivity contribution in [3.8, 4) is 5.75 Å². The van der Waals surface area contributed by atoms with Gasteiger partial charge in [0.2, 0.25) is 0 Å². The first-order chi connectivity index (χ1) is 13.0. The minimum absolute atomic E-state index is 0.149. The highest BCUT2D eigenvalue weighted by Crippen LogP contribution is 2.18. The molecule has 0 aliphatic carbocycles. The van der Waals surface area contributed by atoms with Crippen LogP contribution >= 0.6 is 0 Å². The van der Waals surface area contributed by atoms with Crippen LogP contribution in [0.2, 0.25) is 0 Å². The highest BCUT2D eigenvalue weighted by molar-refractivity contribution is 6.04. The number of aliphatic carboxylic acids is 1. The molecule has 1 aliphatic rings. The summed E-state index contributed by atoms with van der Waals surface area (Å²) in [4.78, 5) is 34.3. The van der Waals surface area contributed by atoms with Gasteiger partial charge in [0.25, 0.3) is 5.91 Å². The Morgan fingerprint density at radius 1 is 1.19 bits per heavy atom. The highest BCUT2D eigenvalue weighted by atomic mass is 16.4. The number of carbonyl (C=O) groups excluding carboxylic acids is 2. The fourth-order valence-electron chi connectivity index (χ4n) is 2.94. The van der Waals surface area contributed by atoms with E-state index < -0.39 is 18.0 Å². The molecular formula is C19H25N3O5. The second-order valence-electron chi connectivity index (χ2n) is 6.47. The summed E-state index contributed by atoms with van der Waals surface area (Å²) in [5, 5.41) is 25.9. The van der Waals surface area contributed by atoms with E-state index in [1.54, 1.807) is 18.3 Å². The summed E-state index contributed by atoms with van der Waals surface area (Å²) in [6.45, 7) is 0. The largest absolute Gasteiger partial charge is 0.508 e. The molecule has 1 heterocycles. The van der Waals surface area contributed by atoms with E-state index in [0.717, 1.165) is 24.8 Å². The Labute approximate surface area is 157 Å². The standard InChI is InChI=1S/C19H25N3O5/c23-16-11-6-5-8-14(16)9-7-13-20-22-15(18(26)21-19(22)27)10-3-1-2-4-12-17(24)25/h5-6,8,11,13,15,23H,1-4,7,9-10,12H2,(H,24,25)(H,21,26,27). The zero-order valence-electron chi connectivity index (χ0n) is 15.1. The number of nitrogens with zero attached hydrogens (tertiary/aromatic N) is 2. The maximum Gasteiger partial charge on any atom is 0.345 e. The quantitative estimate of drug-likeness (QED) is 0.312. The van der Waals surface area contributed by atoms with Crippen molar-refractivity contribution in [1.82, 2.24) is 10.3 Å². The number of para-hydroxylation sites is 1. The van der Waals surface area contributed by atoms with Gasteiger partial charge in [-0.05, 0) is 37.3 Å². The number of nitrogens with one attached hydrogen (secondary N) is 1. The normalized spacial score (nSPS) is 16.9. The number of phenols is 1. The molecule has 1 unspecified atom stereocenters. The van der Waals surface area contributed by atoms with Gasteiger partial charge < -0.3 is 10.2 Å². The molecule has 0 radical (unpaired) electrons.